The van der Waals surface area contributed by atoms with E-state index in [1.54, 1.807) is 18.2 Å². The third-order valence-corrected chi connectivity index (χ3v) is 3.97. The topological polar surface area (TPSA) is 92.5 Å². The zero-order valence-electron chi connectivity index (χ0n) is 13.1. The highest BCUT2D eigenvalue weighted by Crippen LogP contribution is 2.24. The fraction of sp³-hybridized carbons (Fsp3) is 0.118. The molecular formula is C17H16N2O4S. The number of phenolic OH excluding ortho intramolecular Hbond substituents is 1. The lowest BCUT2D eigenvalue weighted by Gasteiger charge is -2.11. The summed E-state index contributed by atoms with van der Waals surface area (Å²) in [7, 11) is 0. The van der Waals surface area contributed by atoms with Crippen LogP contribution >= 0.6 is 11.8 Å². The monoisotopic (exact) mass is 344 g/mol. The van der Waals surface area contributed by atoms with Crippen LogP contribution in [0.2, 0.25) is 0 Å². The molecule has 0 saturated heterocycles. The van der Waals surface area contributed by atoms with Crippen molar-refractivity contribution in [3.8, 4) is 5.75 Å². The molecule has 6 nitrogen and oxygen atoms in total. The van der Waals surface area contributed by atoms with Gasteiger partial charge in [0.2, 0.25) is 0 Å². The molecule has 0 unspecified atom stereocenters. The van der Waals surface area contributed by atoms with E-state index in [0.717, 1.165) is 11.3 Å². The van der Waals surface area contributed by atoms with E-state index in [-0.39, 0.29) is 17.2 Å². The van der Waals surface area contributed by atoms with E-state index in [0.29, 0.717) is 10.6 Å². The largest absolute Gasteiger partial charge is 0.508 e. The normalized spacial score (nSPS) is 11.2. The van der Waals surface area contributed by atoms with Crippen molar-refractivity contribution in [1.82, 2.24) is 0 Å². The first kappa shape index (κ1) is 17.6. The summed E-state index contributed by atoms with van der Waals surface area (Å²) < 4.78 is 0. The number of non-ortho nitro benzene ring substituents is 1. The van der Waals surface area contributed by atoms with Crippen LogP contribution in [-0.2, 0) is 0 Å². The maximum atomic E-state index is 12.3. The van der Waals surface area contributed by atoms with Crippen molar-refractivity contribution in [3.63, 3.8) is 0 Å². The molecule has 0 aliphatic heterocycles. The van der Waals surface area contributed by atoms with Crippen LogP contribution in [0, 0.1) is 17.0 Å². The number of nitrogens with zero attached hydrogens (tertiary/aromatic N) is 1. The Bertz CT molecular complexity index is 801. The number of nitro benzene ring substituents is 1. The predicted octanol–water partition coefficient (Wildman–Crippen LogP) is 4.11. The van der Waals surface area contributed by atoms with E-state index >= 15 is 0 Å². The van der Waals surface area contributed by atoms with Gasteiger partial charge < -0.3 is 10.4 Å². The molecule has 2 N–H and O–H groups in total. The van der Waals surface area contributed by atoms with Gasteiger partial charge in [-0.05, 0) is 49.1 Å². The SMILES string of the molecule is CS/C(=C\C(=O)c1ccc([N+](=O)[O-])cc1)Nc1ccc(O)cc1C. The van der Waals surface area contributed by atoms with Gasteiger partial charge in [-0.1, -0.05) is 0 Å². The Hall–Kier alpha value is -2.80. The molecule has 0 aliphatic carbocycles. The summed E-state index contributed by atoms with van der Waals surface area (Å²) in [6.07, 6.45) is 3.27. The number of aryl methyl sites for hydroxylation is 1. The Morgan fingerprint density at radius 2 is 1.92 bits per heavy atom. The number of hydrogen-bond donors (Lipinski definition) is 2. The lowest BCUT2D eigenvalue weighted by molar-refractivity contribution is -0.384. The van der Waals surface area contributed by atoms with Gasteiger partial charge in [-0.15, -0.1) is 11.8 Å². The summed E-state index contributed by atoms with van der Waals surface area (Å²) >= 11 is 1.37. The zero-order valence-corrected chi connectivity index (χ0v) is 14.0. The van der Waals surface area contributed by atoms with Crippen molar-refractivity contribution in [2.24, 2.45) is 0 Å². The molecule has 0 fully saturated rings. The molecule has 7 heteroatoms. The second-order valence-electron chi connectivity index (χ2n) is 5.01. The molecule has 0 saturated carbocycles. The zero-order chi connectivity index (χ0) is 17.7. The molecule has 0 spiro atoms. The Morgan fingerprint density at radius 3 is 2.46 bits per heavy atom. The van der Waals surface area contributed by atoms with E-state index in [2.05, 4.69) is 5.32 Å². The van der Waals surface area contributed by atoms with Gasteiger partial charge in [0.15, 0.2) is 5.78 Å². The Kier molecular flexibility index (Phi) is 5.59. The van der Waals surface area contributed by atoms with Crippen LogP contribution in [0.25, 0.3) is 0 Å². The number of phenols is 1. The van der Waals surface area contributed by atoms with Crippen molar-refractivity contribution in [2.75, 3.05) is 11.6 Å². The van der Waals surface area contributed by atoms with Crippen LogP contribution in [0.3, 0.4) is 0 Å². The van der Waals surface area contributed by atoms with Crippen molar-refractivity contribution in [2.45, 2.75) is 6.92 Å². The van der Waals surface area contributed by atoms with Crippen molar-refractivity contribution < 1.29 is 14.8 Å². The summed E-state index contributed by atoms with van der Waals surface area (Å²) in [4.78, 5) is 22.4. The molecule has 0 heterocycles. The summed E-state index contributed by atoms with van der Waals surface area (Å²) in [5.41, 5.74) is 1.94. The van der Waals surface area contributed by atoms with Crippen LogP contribution in [-0.4, -0.2) is 22.1 Å². The summed E-state index contributed by atoms with van der Waals surface area (Å²) in [5, 5.41) is 23.8. The summed E-state index contributed by atoms with van der Waals surface area (Å²) in [5.74, 6) is -0.0760. The second-order valence-corrected chi connectivity index (χ2v) is 5.85. The number of rotatable bonds is 6. The molecule has 2 aromatic carbocycles. The van der Waals surface area contributed by atoms with Crippen LogP contribution in [0.15, 0.2) is 53.6 Å². The number of ketones is 1. The van der Waals surface area contributed by atoms with Gasteiger partial charge in [-0.3, -0.25) is 14.9 Å². The predicted molar refractivity (Wildman–Crippen MR) is 95.5 cm³/mol. The lowest BCUT2D eigenvalue weighted by Crippen LogP contribution is -2.02. The molecular weight excluding hydrogens is 328 g/mol. The van der Waals surface area contributed by atoms with E-state index in [1.165, 1.54) is 42.1 Å². The number of benzene rings is 2. The molecule has 124 valence electrons. The Morgan fingerprint density at radius 1 is 1.25 bits per heavy atom. The smallest absolute Gasteiger partial charge is 0.269 e. The number of aromatic hydroxyl groups is 1. The number of allylic oxidation sites excluding steroid dienone is 1. The number of nitrogens with one attached hydrogen (secondary N) is 1. The highest BCUT2D eigenvalue weighted by Gasteiger charge is 2.09. The van der Waals surface area contributed by atoms with Crippen molar-refractivity contribution in [3.05, 3.63) is 74.8 Å². The molecule has 0 amide bonds. The molecule has 2 rings (SSSR count). The first-order chi connectivity index (χ1) is 11.4. The first-order valence-electron chi connectivity index (χ1n) is 7.02. The maximum absolute atomic E-state index is 12.3. The minimum atomic E-state index is -0.507. The van der Waals surface area contributed by atoms with Gasteiger partial charge in [-0.2, -0.15) is 0 Å². The van der Waals surface area contributed by atoms with Crippen molar-refractivity contribution >= 4 is 28.9 Å². The number of nitro groups is 1. The van der Waals surface area contributed by atoms with E-state index in [4.69, 9.17) is 0 Å². The average molecular weight is 344 g/mol. The van der Waals surface area contributed by atoms with E-state index < -0.39 is 4.92 Å². The van der Waals surface area contributed by atoms with Crippen LogP contribution in [0.1, 0.15) is 15.9 Å². The number of anilines is 1. The molecule has 24 heavy (non-hydrogen) atoms. The third kappa shape index (κ3) is 4.36. The highest BCUT2D eigenvalue weighted by atomic mass is 32.2. The third-order valence-electron chi connectivity index (χ3n) is 3.31. The van der Waals surface area contributed by atoms with Gasteiger partial charge in [0.1, 0.15) is 5.75 Å². The minimum Gasteiger partial charge on any atom is -0.508 e. The molecule has 0 aliphatic rings. The second kappa shape index (κ2) is 7.65. The molecule has 2 aromatic rings. The van der Waals surface area contributed by atoms with Gasteiger partial charge in [0, 0.05) is 29.5 Å². The van der Waals surface area contributed by atoms with Gasteiger partial charge in [-0.25, -0.2) is 0 Å². The number of carbonyl (C=O) groups is 1. The van der Waals surface area contributed by atoms with Gasteiger partial charge in [0.05, 0.1) is 9.95 Å². The Balaban J connectivity index is 2.19. The highest BCUT2D eigenvalue weighted by molar-refractivity contribution is 8.02. The average Bonchev–Trinajstić information content (AvgIpc) is 2.56. The standard InChI is InChI=1S/C17H16N2O4S/c1-11-9-14(20)7-8-15(11)18-17(24-2)10-16(21)12-3-5-13(6-4-12)19(22)23/h3-10,18,20H,1-2H3/b17-10-. The molecule has 0 atom stereocenters. The molecule has 0 aromatic heterocycles. The van der Waals surface area contributed by atoms with Crippen LogP contribution in [0.5, 0.6) is 5.75 Å². The first-order valence-corrected chi connectivity index (χ1v) is 8.24. The van der Waals surface area contributed by atoms with Gasteiger partial charge in [0.25, 0.3) is 5.69 Å². The molecule has 0 radical (unpaired) electrons. The lowest BCUT2D eigenvalue weighted by atomic mass is 10.1. The summed E-state index contributed by atoms with van der Waals surface area (Å²) in [6.45, 7) is 1.85. The summed E-state index contributed by atoms with van der Waals surface area (Å²) in [6, 6.07) is 10.4. The van der Waals surface area contributed by atoms with E-state index in [1.807, 2.05) is 13.2 Å². The maximum Gasteiger partial charge on any atom is 0.269 e. The van der Waals surface area contributed by atoms with Crippen LogP contribution < -0.4 is 5.32 Å². The van der Waals surface area contributed by atoms with E-state index in [9.17, 15) is 20.0 Å². The number of hydrogen-bond acceptors (Lipinski definition) is 6. The van der Waals surface area contributed by atoms with Crippen molar-refractivity contribution in [1.29, 1.82) is 0 Å². The quantitative estimate of drug-likeness (QED) is 0.269. The fourth-order valence-electron chi connectivity index (χ4n) is 2.02. The van der Waals surface area contributed by atoms with Gasteiger partial charge >= 0.3 is 0 Å². The minimum absolute atomic E-state index is 0.0570. The Labute approximate surface area is 143 Å². The molecule has 0 bridgehead atoms. The van der Waals surface area contributed by atoms with Crippen LogP contribution in [0.4, 0.5) is 11.4 Å². The number of thioether (sulfide) groups is 1. The fourth-order valence-corrected chi connectivity index (χ4v) is 2.45. The number of carbonyl (C=O) groups excluding carboxylic acids is 1.